The van der Waals surface area contributed by atoms with Crippen LogP contribution in [0.25, 0.3) is 22.5 Å². The van der Waals surface area contributed by atoms with Crippen molar-refractivity contribution in [2.24, 2.45) is 0 Å². The maximum absolute atomic E-state index is 12.3. The van der Waals surface area contributed by atoms with Crippen LogP contribution in [0.15, 0.2) is 75.0 Å². The zero-order valence-electron chi connectivity index (χ0n) is 12.7. The summed E-state index contributed by atoms with van der Waals surface area (Å²) in [6.07, 6.45) is 2.46. The lowest BCUT2D eigenvalue weighted by molar-refractivity contribution is 0.566. The van der Waals surface area contributed by atoms with Gasteiger partial charge in [0.1, 0.15) is 5.76 Å². The van der Waals surface area contributed by atoms with Gasteiger partial charge in [0, 0.05) is 22.9 Å². The Bertz CT molecular complexity index is 1030. The summed E-state index contributed by atoms with van der Waals surface area (Å²) in [6, 6.07) is 14.4. The summed E-state index contributed by atoms with van der Waals surface area (Å²) < 4.78 is 28.7. The smallest absolute Gasteiger partial charge is 0.193 e. The van der Waals surface area contributed by atoms with Gasteiger partial charge in [-0.25, -0.2) is 8.42 Å². The summed E-state index contributed by atoms with van der Waals surface area (Å²) in [4.78, 5) is 12.5. The molecule has 1 aromatic heterocycles. The zero-order valence-corrected chi connectivity index (χ0v) is 14.3. The van der Waals surface area contributed by atoms with E-state index >= 15 is 0 Å². The summed E-state index contributed by atoms with van der Waals surface area (Å²) in [6.45, 7) is 0. The van der Waals surface area contributed by atoms with Gasteiger partial charge >= 0.3 is 0 Å². The number of benzene rings is 2. The van der Waals surface area contributed by atoms with Crippen LogP contribution in [0.1, 0.15) is 0 Å². The minimum atomic E-state index is -3.28. The normalized spacial score (nSPS) is 11.4. The van der Waals surface area contributed by atoms with Crippen molar-refractivity contribution in [1.29, 1.82) is 0 Å². The lowest BCUT2D eigenvalue weighted by atomic mass is 10.0. The Hall–Kier alpha value is -2.37. The summed E-state index contributed by atoms with van der Waals surface area (Å²) in [7, 11) is -3.28. The molecule has 0 saturated heterocycles. The highest BCUT2D eigenvalue weighted by atomic mass is 35.5. The van der Waals surface area contributed by atoms with E-state index in [0.29, 0.717) is 27.5 Å². The number of sulfone groups is 1. The van der Waals surface area contributed by atoms with Crippen LogP contribution in [0, 0.1) is 0 Å². The van der Waals surface area contributed by atoms with Gasteiger partial charge in [-0.15, -0.1) is 0 Å². The number of hydrogen-bond acceptors (Lipinski definition) is 4. The molecule has 0 amide bonds. The third-order valence-electron chi connectivity index (χ3n) is 3.56. The SMILES string of the molecule is CS(=O)(=O)c1ccc(-c2occc(=O)c2-c2ccc(Cl)cc2)cc1. The van der Waals surface area contributed by atoms with E-state index in [1.54, 1.807) is 36.4 Å². The molecule has 0 atom stereocenters. The molecule has 3 rings (SSSR count). The summed E-state index contributed by atoms with van der Waals surface area (Å²) in [5.74, 6) is 0.380. The average molecular weight is 361 g/mol. The highest BCUT2D eigenvalue weighted by Gasteiger charge is 2.15. The fourth-order valence-corrected chi connectivity index (χ4v) is 3.13. The van der Waals surface area contributed by atoms with Gasteiger partial charge in [0.05, 0.1) is 16.7 Å². The molecule has 3 aromatic rings. The first kappa shape index (κ1) is 16.5. The van der Waals surface area contributed by atoms with E-state index in [2.05, 4.69) is 0 Å². The van der Waals surface area contributed by atoms with Crippen molar-refractivity contribution in [2.45, 2.75) is 4.90 Å². The highest BCUT2D eigenvalue weighted by Crippen LogP contribution is 2.30. The molecular weight excluding hydrogens is 348 g/mol. The lowest BCUT2D eigenvalue weighted by Crippen LogP contribution is -2.04. The third kappa shape index (κ3) is 3.27. The third-order valence-corrected chi connectivity index (χ3v) is 4.94. The van der Waals surface area contributed by atoms with Crippen LogP contribution in [0.5, 0.6) is 0 Å². The molecule has 1 heterocycles. The minimum Gasteiger partial charge on any atom is -0.463 e. The molecule has 0 aliphatic carbocycles. The molecule has 4 nitrogen and oxygen atoms in total. The maximum Gasteiger partial charge on any atom is 0.193 e. The second-order valence-electron chi connectivity index (χ2n) is 5.29. The van der Waals surface area contributed by atoms with Crippen molar-refractivity contribution in [2.75, 3.05) is 6.26 Å². The molecule has 0 spiro atoms. The second-order valence-corrected chi connectivity index (χ2v) is 7.74. The molecule has 122 valence electrons. The topological polar surface area (TPSA) is 64.3 Å². The fraction of sp³-hybridized carbons (Fsp3) is 0.0556. The zero-order chi connectivity index (χ0) is 17.3. The molecule has 0 aliphatic heterocycles. The van der Waals surface area contributed by atoms with Crippen LogP contribution in [0.4, 0.5) is 0 Å². The molecular formula is C18H13ClO4S. The van der Waals surface area contributed by atoms with Gasteiger partial charge in [0.15, 0.2) is 15.3 Å². The Morgan fingerprint density at radius 3 is 2.04 bits per heavy atom. The molecule has 0 fully saturated rings. The Balaban J connectivity index is 2.17. The van der Waals surface area contributed by atoms with Crippen LogP contribution in [0.3, 0.4) is 0 Å². The Kier molecular flexibility index (Phi) is 4.30. The van der Waals surface area contributed by atoms with E-state index in [1.807, 2.05) is 0 Å². The summed E-state index contributed by atoms with van der Waals surface area (Å²) in [5, 5.41) is 0.568. The lowest BCUT2D eigenvalue weighted by Gasteiger charge is -2.08. The van der Waals surface area contributed by atoms with Gasteiger partial charge in [-0.2, -0.15) is 0 Å². The van der Waals surface area contributed by atoms with Crippen molar-refractivity contribution in [3.63, 3.8) is 0 Å². The van der Waals surface area contributed by atoms with E-state index in [-0.39, 0.29) is 10.3 Å². The largest absolute Gasteiger partial charge is 0.463 e. The van der Waals surface area contributed by atoms with Gasteiger partial charge in [-0.1, -0.05) is 23.7 Å². The summed E-state index contributed by atoms with van der Waals surface area (Å²) >= 11 is 5.90. The quantitative estimate of drug-likeness (QED) is 0.707. The molecule has 0 aliphatic rings. The standard InChI is InChI=1S/C18H13ClO4S/c1-24(21,22)15-8-4-13(5-9-15)18-17(16(20)10-11-23-18)12-2-6-14(19)7-3-12/h2-11H,1H3. The molecule has 0 bridgehead atoms. The van der Waals surface area contributed by atoms with Crippen LogP contribution in [-0.2, 0) is 9.84 Å². The number of halogens is 1. The van der Waals surface area contributed by atoms with E-state index in [1.165, 1.54) is 24.5 Å². The van der Waals surface area contributed by atoms with Crippen molar-refractivity contribution in [3.05, 3.63) is 76.1 Å². The monoisotopic (exact) mass is 360 g/mol. The van der Waals surface area contributed by atoms with Crippen molar-refractivity contribution >= 4 is 21.4 Å². The first-order valence-electron chi connectivity index (χ1n) is 7.04. The number of hydrogen-bond donors (Lipinski definition) is 0. The number of rotatable bonds is 3. The molecule has 0 N–H and O–H groups in total. The van der Waals surface area contributed by atoms with Crippen molar-refractivity contribution in [1.82, 2.24) is 0 Å². The predicted molar refractivity (Wildman–Crippen MR) is 94.0 cm³/mol. The minimum absolute atomic E-state index is 0.189. The molecule has 6 heteroatoms. The molecule has 0 radical (unpaired) electrons. The van der Waals surface area contributed by atoms with Gasteiger partial charge in [-0.3, -0.25) is 4.79 Å². The Labute approximate surface area is 144 Å². The van der Waals surface area contributed by atoms with E-state index in [4.69, 9.17) is 16.0 Å². The average Bonchev–Trinajstić information content (AvgIpc) is 2.55. The van der Waals surface area contributed by atoms with Crippen LogP contribution >= 0.6 is 11.6 Å². The van der Waals surface area contributed by atoms with Gasteiger partial charge in [-0.05, 0) is 42.0 Å². The molecule has 0 saturated carbocycles. The van der Waals surface area contributed by atoms with Crippen molar-refractivity contribution in [3.8, 4) is 22.5 Å². The van der Waals surface area contributed by atoms with Crippen LogP contribution in [-0.4, -0.2) is 14.7 Å². The van der Waals surface area contributed by atoms with E-state index in [9.17, 15) is 13.2 Å². The van der Waals surface area contributed by atoms with E-state index in [0.717, 1.165) is 6.26 Å². The summed E-state index contributed by atoms with van der Waals surface area (Å²) in [5.41, 5.74) is 1.51. The fourth-order valence-electron chi connectivity index (χ4n) is 2.37. The van der Waals surface area contributed by atoms with E-state index < -0.39 is 9.84 Å². The highest BCUT2D eigenvalue weighted by molar-refractivity contribution is 7.90. The van der Waals surface area contributed by atoms with Gasteiger partial charge < -0.3 is 4.42 Å². The molecule has 2 aromatic carbocycles. The predicted octanol–water partition coefficient (Wildman–Crippen LogP) is 4.03. The molecule has 24 heavy (non-hydrogen) atoms. The van der Waals surface area contributed by atoms with Crippen LogP contribution in [0.2, 0.25) is 5.02 Å². The van der Waals surface area contributed by atoms with Gasteiger partial charge in [0.2, 0.25) is 0 Å². The Morgan fingerprint density at radius 1 is 0.875 bits per heavy atom. The molecule has 0 unspecified atom stereocenters. The van der Waals surface area contributed by atoms with Crippen molar-refractivity contribution < 1.29 is 12.8 Å². The first-order valence-corrected chi connectivity index (χ1v) is 9.31. The second kappa shape index (κ2) is 6.26. The first-order chi connectivity index (χ1) is 11.4. The maximum atomic E-state index is 12.3. The van der Waals surface area contributed by atoms with Gasteiger partial charge in [0.25, 0.3) is 0 Å². The Morgan fingerprint density at radius 2 is 1.46 bits per heavy atom. The van der Waals surface area contributed by atoms with Crippen LogP contribution < -0.4 is 5.43 Å².